The van der Waals surface area contributed by atoms with Gasteiger partial charge in [0.2, 0.25) is 0 Å². The molecule has 0 saturated carbocycles. The van der Waals surface area contributed by atoms with E-state index in [1.54, 1.807) is 7.11 Å². The molecular weight excluding hydrogens is 393 g/mol. The molecule has 0 radical (unpaired) electrons. The van der Waals surface area contributed by atoms with Crippen LogP contribution in [0.2, 0.25) is 10.0 Å². The fraction of sp³-hybridized carbons (Fsp3) is 0.478. The van der Waals surface area contributed by atoms with Gasteiger partial charge >= 0.3 is 0 Å². The lowest BCUT2D eigenvalue weighted by Gasteiger charge is -2.14. The first-order valence-corrected chi connectivity index (χ1v) is 10.8. The van der Waals surface area contributed by atoms with E-state index in [0.29, 0.717) is 28.2 Å². The summed E-state index contributed by atoms with van der Waals surface area (Å²) in [6, 6.07) is 11.4. The van der Waals surface area contributed by atoms with Crippen LogP contribution in [0.4, 0.5) is 0 Å². The molecule has 0 spiro atoms. The molecule has 154 valence electrons. The predicted octanol–water partition coefficient (Wildman–Crippen LogP) is 7.03. The maximum Gasteiger partial charge on any atom is 0.161 e. The second kappa shape index (κ2) is 12.9. The van der Waals surface area contributed by atoms with Crippen molar-refractivity contribution in [2.45, 2.75) is 58.6 Å². The van der Waals surface area contributed by atoms with E-state index < -0.39 is 0 Å². The van der Waals surface area contributed by atoms with E-state index in [1.165, 1.54) is 44.1 Å². The molecule has 2 aromatic rings. The minimum absolute atomic E-state index is 0.296. The number of benzene rings is 2. The normalized spacial score (nSPS) is 10.9. The summed E-state index contributed by atoms with van der Waals surface area (Å²) in [5.74, 6) is 1.39. The van der Waals surface area contributed by atoms with Gasteiger partial charge in [-0.15, -0.1) is 0 Å². The Morgan fingerprint density at radius 1 is 0.893 bits per heavy atom. The smallest absolute Gasteiger partial charge is 0.161 e. The Morgan fingerprint density at radius 3 is 2.32 bits per heavy atom. The van der Waals surface area contributed by atoms with E-state index in [0.717, 1.165) is 18.7 Å². The third-order valence-electron chi connectivity index (χ3n) is 4.70. The van der Waals surface area contributed by atoms with Crippen LogP contribution in [0.15, 0.2) is 36.4 Å². The highest BCUT2D eigenvalue weighted by molar-refractivity contribution is 6.35. The molecule has 0 aliphatic heterocycles. The molecule has 0 atom stereocenters. The van der Waals surface area contributed by atoms with Gasteiger partial charge in [0.15, 0.2) is 11.5 Å². The first-order valence-electron chi connectivity index (χ1n) is 10.1. The summed E-state index contributed by atoms with van der Waals surface area (Å²) in [4.78, 5) is 0. The molecule has 0 amide bonds. The lowest BCUT2D eigenvalue weighted by Crippen LogP contribution is -2.14. The Hall–Kier alpha value is -1.42. The summed E-state index contributed by atoms with van der Waals surface area (Å²) < 4.78 is 11.4. The fourth-order valence-corrected chi connectivity index (χ4v) is 3.53. The number of nitrogens with one attached hydrogen (secondary N) is 1. The van der Waals surface area contributed by atoms with Crippen molar-refractivity contribution in [3.63, 3.8) is 0 Å². The molecule has 28 heavy (non-hydrogen) atoms. The Kier molecular flexibility index (Phi) is 10.6. The molecule has 0 fully saturated rings. The second-order valence-corrected chi connectivity index (χ2v) is 7.73. The van der Waals surface area contributed by atoms with Crippen LogP contribution in [0.3, 0.4) is 0 Å². The van der Waals surface area contributed by atoms with E-state index in [9.17, 15) is 0 Å². The molecule has 5 heteroatoms. The summed E-state index contributed by atoms with van der Waals surface area (Å²) in [6.45, 7) is 4.40. The monoisotopic (exact) mass is 423 g/mol. The van der Waals surface area contributed by atoms with Crippen molar-refractivity contribution in [1.29, 1.82) is 0 Å². The number of rotatable bonds is 13. The Balaban J connectivity index is 1.81. The van der Waals surface area contributed by atoms with Crippen molar-refractivity contribution in [2.75, 3.05) is 13.7 Å². The van der Waals surface area contributed by atoms with Crippen molar-refractivity contribution in [1.82, 2.24) is 5.32 Å². The largest absolute Gasteiger partial charge is 0.493 e. The zero-order chi connectivity index (χ0) is 20.2. The summed E-state index contributed by atoms with van der Waals surface area (Å²) in [7, 11) is 1.65. The van der Waals surface area contributed by atoms with Crippen molar-refractivity contribution >= 4 is 23.2 Å². The van der Waals surface area contributed by atoms with E-state index in [4.69, 9.17) is 32.7 Å². The number of ether oxygens (including phenoxy) is 2. The average Bonchev–Trinajstić information content (AvgIpc) is 2.70. The third kappa shape index (κ3) is 7.54. The van der Waals surface area contributed by atoms with Crippen LogP contribution in [0.1, 0.15) is 56.6 Å². The number of halogens is 2. The average molecular weight is 424 g/mol. The number of methoxy groups -OCH3 is 1. The molecule has 0 heterocycles. The van der Waals surface area contributed by atoms with Crippen molar-refractivity contribution in [2.24, 2.45) is 0 Å². The standard InChI is InChI=1S/C23H31Cl2NO2/c1-3-4-5-6-7-8-14-26-16-18-12-13-22(23(15-18)27-2)28-17-19-20(24)10-9-11-21(19)25/h9-13,15,26H,3-8,14,16-17H2,1-2H3. The maximum absolute atomic E-state index is 6.21. The van der Waals surface area contributed by atoms with Crippen LogP contribution in [0, 0.1) is 0 Å². The van der Waals surface area contributed by atoms with Crippen LogP contribution in [-0.4, -0.2) is 13.7 Å². The lowest BCUT2D eigenvalue weighted by molar-refractivity contribution is 0.284. The Labute approximate surface area is 179 Å². The SMILES string of the molecule is CCCCCCCCNCc1ccc(OCc2c(Cl)cccc2Cl)c(OC)c1. The quantitative estimate of drug-likeness (QED) is 0.350. The summed E-state index contributed by atoms with van der Waals surface area (Å²) in [5, 5.41) is 4.70. The van der Waals surface area contributed by atoms with E-state index in [1.807, 2.05) is 30.3 Å². The lowest BCUT2D eigenvalue weighted by atomic mass is 10.1. The van der Waals surface area contributed by atoms with E-state index in [-0.39, 0.29) is 0 Å². The molecule has 0 saturated heterocycles. The minimum atomic E-state index is 0.296. The van der Waals surface area contributed by atoms with Crippen molar-refractivity contribution in [3.8, 4) is 11.5 Å². The molecule has 1 N–H and O–H groups in total. The fourth-order valence-electron chi connectivity index (χ4n) is 3.02. The Morgan fingerprint density at radius 2 is 1.61 bits per heavy atom. The van der Waals surface area contributed by atoms with Gasteiger partial charge < -0.3 is 14.8 Å². The Bertz CT molecular complexity index is 701. The topological polar surface area (TPSA) is 30.5 Å². The van der Waals surface area contributed by atoms with Gasteiger partial charge in [0, 0.05) is 22.2 Å². The van der Waals surface area contributed by atoms with Gasteiger partial charge in [0.1, 0.15) is 6.61 Å². The third-order valence-corrected chi connectivity index (χ3v) is 5.41. The number of unbranched alkanes of at least 4 members (excludes halogenated alkanes) is 5. The maximum atomic E-state index is 6.21. The molecule has 2 rings (SSSR count). The number of hydrogen-bond acceptors (Lipinski definition) is 3. The van der Waals surface area contributed by atoms with Crippen LogP contribution in [0.25, 0.3) is 0 Å². The van der Waals surface area contributed by atoms with Crippen LogP contribution in [-0.2, 0) is 13.2 Å². The van der Waals surface area contributed by atoms with Gasteiger partial charge in [-0.1, -0.05) is 74.4 Å². The van der Waals surface area contributed by atoms with Gasteiger partial charge in [0.05, 0.1) is 7.11 Å². The van der Waals surface area contributed by atoms with E-state index in [2.05, 4.69) is 18.3 Å². The molecule has 0 bridgehead atoms. The number of hydrogen-bond donors (Lipinski definition) is 1. The van der Waals surface area contributed by atoms with E-state index >= 15 is 0 Å². The minimum Gasteiger partial charge on any atom is -0.493 e. The summed E-state index contributed by atoms with van der Waals surface area (Å²) in [6.07, 6.45) is 7.86. The highest BCUT2D eigenvalue weighted by Crippen LogP contribution is 2.31. The molecule has 2 aromatic carbocycles. The van der Waals surface area contributed by atoms with Crippen LogP contribution in [0.5, 0.6) is 11.5 Å². The van der Waals surface area contributed by atoms with Crippen LogP contribution >= 0.6 is 23.2 Å². The molecule has 0 aromatic heterocycles. The van der Waals surface area contributed by atoms with Crippen molar-refractivity contribution < 1.29 is 9.47 Å². The zero-order valence-corrected chi connectivity index (χ0v) is 18.4. The zero-order valence-electron chi connectivity index (χ0n) is 16.9. The summed E-state index contributed by atoms with van der Waals surface area (Å²) in [5.41, 5.74) is 1.95. The van der Waals surface area contributed by atoms with Crippen molar-refractivity contribution in [3.05, 3.63) is 57.6 Å². The highest BCUT2D eigenvalue weighted by Gasteiger charge is 2.10. The van der Waals surface area contributed by atoms with Gasteiger partial charge in [-0.3, -0.25) is 0 Å². The molecule has 0 aliphatic carbocycles. The van der Waals surface area contributed by atoms with Gasteiger partial charge in [-0.25, -0.2) is 0 Å². The predicted molar refractivity (Wildman–Crippen MR) is 119 cm³/mol. The molecule has 0 aliphatic rings. The van der Waals surface area contributed by atoms with Gasteiger partial charge in [-0.2, -0.15) is 0 Å². The first kappa shape index (κ1) is 22.9. The summed E-state index contributed by atoms with van der Waals surface area (Å²) >= 11 is 12.4. The van der Waals surface area contributed by atoms with Gasteiger partial charge in [-0.05, 0) is 42.8 Å². The first-order chi connectivity index (χ1) is 13.7. The highest BCUT2D eigenvalue weighted by atomic mass is 35.5. The molecule has 0 unspecified atom stereocenters. The van der Waals surface area contributed by atoms with Gasteiger partial charge in [0.25, 0.3) is 0 Å². The second-order valence-electron chi connectivity index (χ2n) is 6.92. The van der Waals surface area contributed by atoms with Crippen LogP contribution < -0.4 is 14.8 Å². The molecular formula is C23H31Cl2NO2. The molecule has 3 nitrogen and oxygen atoms in total.